The molecule has 28 heavy (non-hydrogen) atoms. The fourth-order valence-corrected chi connectivity index (χ4v) is 2.91. The minimum Gasteiger partial charge on any atom is -0.458 e. The van der Waals surface area contributed by atoms with Crippen LogP contribution in [0.15, 0.2) is 23.4 Å². The van der Waals surface area contributed by atoms with Crippen molar-refractivity contribution in [3.8, 4) is 0 Å². The van der Waals surface area contributed by atoms with E-state index < -0.39 is 35.9 Å². The van der Waals surface area contributed by atoms with Gasteiger partial charge in [0, 0.05) is 11.7 Å². The van der Waals surface area contributed by atoms with Gasteiger partial charge in [0.15, 0.2) is 0 Å². The van der Waals surface area contributed by atoms with E-state index in [2.05, 4.69) is 5.10 Å². The predicted octanol–water partition coefficient (Wildman–Crippen LogP) is 1.70. The van der Waals surface area contributed by atoms with Gasteiger partial charge in [-0.25, -0.2) is 9.31 Å². The highest BCUT2D eigenvalue weighted by atomic mass is 16.7. The second kappa shape index (κ2) is 6.45. The van der Waals surface area contributed by atoms with E-state index >= 15 is 0 Å². The second-order valence-electron chi connectivity index (χ2n) is 9.24. The Morgan fingerprint density at radius 1 is 1.21 bits per heavy atom. The van der Waals surface area contributed by atoms with Gasteiger partial charge in [-0.1, -0.05) is 0 Å². The van der Waals surface area contributed by atoms with Gasteiger partial charge in [0.05, 0.1) is 11.2 Å². The summed E-state index contributed by atoms with van der Waals surface area (Å²) in [6.07, 6.45) is 3.05. The molecule has 1 saturated heterocycles. The van der Waals surface area contributed by atoms with Gasteiger partial charge in [-0.3, -0.25) is 9.36 Å². The minimum absolute atomic E-state index is 0.336. The number of carbonyl (C=O) groups is 1. The number of ether oxygens (including phenoxy) is 1. The third-order valence-corrected chi connectivity index (χ3v) is 5.27. The SMILES string of the molecule is C[C@H](C(=O)OC(C)(C)C)n1cnn2cc(B3OC(C)(C)C(C)(C)O3)cc2c1=O. The second-order valence-corrected chi connectivity index (χ2v) is 9.24. The van der Waals surface area contributed by atoms with Gasteiger partial charge in [0.25, 0.3) is 5.56 Å². The summed E-state index contributed by atoms with van der Waals surface area (Å²) < 4.78 is 20.2. The standard InChI is InChI=1S/C19H28BN3O5/c1-12(16(25)26-17(2,3)4)22-11-21-23-10-13(9-14(23)15(22)24)20-27-18(5,6)19(7,8)28-20/h9-12H,1-8H3/t12-/m1/s1. The lowest BCUT2D eigenvalue weighted by Crippen LogP contribution is -2.41. The van der Waals surface area contributed by atoms with E-state index in [-0.39, 0.29) is 5.56 Å². The van der Waals surface area contributed by atoms with Crippen molar-refractivity contribution in [1.82, 2.24) is 14.2 Å². The number of carbonyl (C=O) groups excluding carboxylic acids is 1. The van der Waals surface area contributed by atoms with Crippen molar-refractivity contribution >= 4 is 24.1 Å². The molecule has 0 aliphatic carbocycles. The molecule has 0 amide bonds. The molecule has 0 aromatic carbocycles. The van der Waals surface area contributed by atoms with Crippen molar-refractivity contribution in [2.45, 2.75) is 78.2 Å². The van der Waals surface area contributed by atoms with E-state index in [0.29, 0.717) is 11.0 Å². The summed E-state index contributed by atoms with van der Waals surface area (Å²) in [7, 11) is -0.595. The summed E-state index contributed by atoms with van der Waals surface area (Å²) >= 11 is 0. The first-order chi connectivity index (χ1) is 12.7. The topological polar surface area (TPSA) is 84.1 Å². The summed E-state index contributed by atoms with van der Waals surface area (Å²) in [4.78, 5) is 25.3. The molecule has 0 N–H and O–H groups in total. The van der Waals surface area contributed by atoms with Crippen molar-refractivity contribution in [3.05, 3.63) is 28.9 Å². The van der Waals surface area contributed by atoms with Crippen LogP contribution in [0.2, 0.25) is 0 Å². The minimum atomic E-state index is -0.792. The summed E-state index contributed by atoms with van der Waals surface area (Å²) in [5.74, 6) is -0.488. The van der Waals surface area contributed by atoms with Crippen molar-refractivity contribution in [1.29, 1.82) is 0 Å². The van der Waals surface area contributed by atoms with E-state index in [1.807, 2.05) is 27.7 Å². The van der Waals surface area contributed by atoms with E-state index in [1.165, 1.54) is 15.4 Å². The highest BCUT2D eigenvalue weighted by molar-refractivity contribution is 6.62. The van der Waals surface area contributed by atoms with Crippen LogP contribution in [0.3, 0.4) is 0 Å². The Morgan fingerprint density at radius 3 is 2.32 bits per heavy atom. The van der Waals surface area contributed by atoms with Gasteiger partial charge in [0.1, 0.15) is 23.5 Å². The van der Waals surface area contributed by atoms with Crippen LogP contribution in [0.4, 0.5) is 0 Å². The Morgan fingerprint density at radius 2 is 1.79 bits per heavy atom. The number of nitrogens with zero attached hydrogens (tertiary/aromatic N) is 3. The Balaban J connectivity index is 1.94. The first-order valence-corrected chi connectivity index (χ1v) is 9.40. The first-order valence-electron chi connectivity index (χ1n) is 9.40. The van der Waals surface area contributed by atoms with Gasteiger partial charge in [0.2, 0.25) is 0 Å². The normalized spacial score (nSPS) is 19.8. The van der Waals surface area contributed by atoms with Crippen LogP contribution in [0.1, 0.15) is 61.4 Å². The molecule has 0 saturated carbocycles. The molecule has 1 aliphatic heterocycles. The molecular weight excluding hydrogens is 361 g/mol. The maximum absolute atomic E-state index is 12.9. The lowest BCUT2D eigenvalue weighted by Gasteiger charge is -2.32. The maximum atomic E-state index is 12.9. The lowest BCUT2D eigenvalue weighted by molar-refractivity contribution is -0.158. The molecular formula is C19H28BN3O5. The zero-order valence-corrected chi connectivity index (χ0v) is 17.8. The van der Waals surface area contributed by atoms with E-state index in [9.17, 15) is 9.59 Å². The predicted molar refractivity (Wildman–Crippen MR) is 106 cm³/mol. The van der Waals surface area contributed by atoms with Crippen LogP contribution in [0.25, 0.3) is 5.52 Å². The smallest absolute Gasteiger partial charge is 0.458 e. The third-order valence-electron chi connectivity index (χ3n) is 5.27. The van der Waals surface area contributed by atoms with Crippen LogP contribution in [-0.4, -0.2) is 44.1 Å². The Hall–Kier alpha value is -2.13. The Labute approximate surface area is 164 Å². The molecule has 2 aromatic rings. The fraction of sp³-hybridized carbons (Fsp3) is 0.632. The quantitative estimate of drug-likeness (QED) is 0.587. The highest BCUT2D eigenvalue weighted by Crippen LogP contribution is 2.36. The molecule has 0 unspecified atom stereocenters. The summed E-state index contributed by atoms with van der Waals surface area (Å²) in [6, 6.07) is 0.898. The van der Waals surface area contributed by atoms with Gasteiger partial charge in [-0.2, -0.15) is 5.10 Å². The fourth-order valence-electron chi connectivity index (χ4n) is 2.91. The van der Waals surface area contributed by atoms with Crippen molar-refractivity contribution < 1.29 is 18.8 Å². The molecule has 1 aliphatic rings. The number of esters is 1. The zero-order chi connectivity index (χ0) is 21.1. The Kier molecular flexibility index (Phi) is 4.75. The van der Waals surface area contributed by atoms with Crippen LogP contribution < -0.4 is 11.0 Å². The average molecular weight is 389 g/mol. The van der Waals surface area contributed by atoms with E-state index in [4.69, 9.17) is 14.0 Å². The molecule has 1 atom stereocenters. The van der Waals surface area contributed by atoms with Gasteiger partial charge in [-0.05, 0) is 61.5 Å². The number of aromatic nitrogens is 3. The maximum Gasteiger partial charge on any atom is 0.496 e. The van der Waals surface area contributed by atoms with Crippen LogP contribution in [0, 0.1) is 0 Å². The van der Waals surface area contributed by atoms with E-state index in [0.717, 1.165) is 0 Å². The molecule has 0 bridgehead atoms. The van der Waals surface area contributed by atoms with Gasteiger partial charge >= 0.3 is 13.1 Å². The largest absolute Gasteiger partial charge is 0.496 e. The van der Waals surface area contributed by atoms with Crippen LogP contribution in [-0.2, 0) is 18.8 Å². The highest BCUT2D eigenvalue weighted by Gasteiger charge is 2.52. The van der Waals surface area contributed by atoms with Gasteiger partial charge in [-0.15, -0.1) is 0 Å². The van der Waals surface area contributed by atoms with Crippen LogP contribution in [0.5, 0.6) is 0 Å². The van der Waals surface area contributed by atoms with Gasteiger partial charge < -0.3 is 14.0 Å². The number of hydrogen-bond donors (Lipinski definition) is 0. The van der Waals surface area contributed by atoms with Crippen LogP contribution >= 0.6 is 0 Å². The van der Waals surface area contributed by atoms with Crippen molar-refractivity contribution in [2.75, 3.05) is 0 Å². The molecule has 0 radical (unpaired) electrons. The molecule has 1 fully saturated rings. The third kappa shape index (κ3) is 3.60. The number of fused-ring (bicyclic) bond motifs is 1. The summed E-state index contributed by atoms with van der Waals surface area (Å²) in [6.45, 7) is 14.8. The molecule has 3 heterocycles. The summed E-state index contributed by atoms with van der Waals surface area (Å²) in [5.41, 5.74) is -0.898. The molecule has 2 aromatic heterocycles. The average Bonchev–Trinajstić information content (AvgIpc) is 3.05. The molecule has 3 rings (SSSR count). The monoisotopic (exact) mass is 389 g/mol. The van der Waals surface area contributed by atoms with Crippen molar-refractivity contribution in [2.24, 2.45) is 0 Å². The summed E-state index contributed by atoms with van der Waals surface area (Å²) in [5, 5.41) is 4.27. The molecule has 9 heteroatoms. The first kappa shape index (κ1) is 20.6. The number of rotatable bonds is 3. The Bertz CT molecular complexity index is 954. The van der Waals surface area contributed by atoms with E-state index in [1.54, 1.807) is 40.0 Å². The zero-order valence-electron chi connectivity index (χ0n) is 17.8. The number of hydrogen-bond acceptors (Lipinski definition) is 6. The van der Waals surface area contributed by atoms with Crippen molar-refractivity contribution in [3.63, 3.8) is 0 Å². The molecule has 8 nitrogen and oxygen atoms in total. The molecule has 0 spiro atoms. The lowest BCUT2D eigenvalue weighted by atomic mass is 9.81. The molecule has 152 valence electrons.